The van der Waals surface area contributed by atoms with E-state index >= 15 is 0 Å². The summed E-state index contributed by atoms with van der Waals surface area (Å²) in [5, 5.41) is 6.52. The van der Waals surface area contributed by atoms with Crippen molar-refractivity contribution in [2.75, 3.05) is 6.54 Å². The van der Waals surface area contributed by atoms with Crippen LogP contribution in [-0.2, 0) is 4.79 Å². The van der Waals surface area contributed by atoms with Gasteiger partial charge < -0.3 is 10.6 Å². The zero-order valence-corrected chi connectivity index (χ0v) is 9.61. The van der Waals surface area contributed by atoms with Crippen molar-refractivity contribution in [2.24, 2.45) is 23.7 Å². The second-order valence-electron chi connectivity index (χ2n) is 6.24. The minimum Gasteiger partial charge on any atom is -0.352 e. The number of nitrogens with one attached hydrogen (secondary N) is 2. The third-order valence-corrected chi connectivity index (χ3v) is 5.18. The van der Waals surface area contributed by atoms with Crippen LogP contribution in [0.25, 0.3) is 0 Å². The molecule has 2 bridgehead atoms. The Hall–Kier alpha value is -0.570. The summed E-state index contributed by atoms with van der Waals surface area (Å²) in [4.78, 5) is 11.6. The van der Waals surface area contributed by atoms with Crippen molar-refractivity contribution in [1.82, 2.24) is 10.6 Å². The molecule has 3 heteroatoms. The van der Waals surface area contributed by atoms with Crippen LogP contribution >= 0.6 is 0 Å². The molecule has 0 saturated heterocycles. The predicted molar refractivity (Wildman–Crippen MR) is 60.8 cm³/mol. The van der Waals surface area contributed by atoms with Crippen molar-refractivity contribution in [3.63, 3.8) is 0 Å². The molecule has 0 aromatic heterocycles. The fourth-order valence-electron chi connectivity index (χ4n) is 4.32. The van der Waals surface area contributed by atoms with Gasteiger partial charge in [-0.05, 0) is 55.8 Å². The maximum atomic E-state index is 11.6. The molecule has 16 heavy (non-hydrogen) atoms. The standard InChI is InChI=1S/C13H20N2O/c16-10(15-9-3-4-9)6-14-13-11-7-1-2-8(5-7)12(11)13/h7-9,11-14H,1-6H2,(H,15,16). The van der Waals surface area contributed by atoms with Gasteiger partial charge >= 0.3 is 0 Å². The van der Waals surface area contributed by atoms with E-state index in [4.69, 9.17) is 0 Å². The molecule has 4 aliphatic carbocycles. The largest absolute Gasteiger partial charge is 0.352 e. The molecule has 0 aromatic carbocycles. The molecule has 0 spiro atoms. The second kappa shape index (κ2) is 3.22. The van der Waals surface area contributed by atoms with E-state index in [9.17, 15) is 4.79 Å². The molecule has 88 valence electrons. The van der Waals surface area contributed by atoms with E-state index in [1.807, 2.05) is 0 Å². The maximum Gasteiger partial charge on any atom is 0.234 e. The molecule has 0 heterocycles. The molecule has 4 unspecified atom stereocenters. The van der Waals surface area contributed by atoms with Crippen LogP contribution in [0, 0.1) is 23.7 Å². The van der Waals surface area contributed by atoms with Crippen LogP contribution in [0.15, 0.2) is 0 Å². The zero-order valence-electron chi connectivity index (χ0n) is 9.61. The Morgan fingerprint density at radius 1 is 1.06 bits per heavy atom. The minimum absolute atomic E-state index is 0.208. The Labute approximate surface area is 96.4 Å². The van der Waals surface area contributed by atoms with E-state index in [-0.39, 0.29) is 5.91 Å². The molecular formula is C13H20N2O. The number of carbonyl (C=O) groups is 1. The molecule has 0 aliphatic heterocycles. The normalized spacial score (nSPS) is 47.9. The van der Waals surface area contributed by atoms with Crippen LogP contribution in [0.1, 0.15) is 32.1 Å². The van der Waals surface area contributed by atoms with E-state index < -0.39 is 0 Å². The number of rotatable bonds is 4. The lowest BCUT2D eigenvalue weighted by molar-refractivity contribution is -0.120. The molecule has 4 fully saturated rings. The number of fused-ring (bicyclic) bond motifs is 5. The van der Waals surface area contributed by atoms with Crippen LogP contribution < -0.4 is 10.6 Å². The highest BCUT2D eigenvalue weighted by Gasteiger charge is 2.64. The quantitative estimate of drug-likeness (QED) is 0.739. The van der Waals surface area contributed by atoms with Crippen molar-refractivity contribution in [3.8, 4) is 0 Å². The van der Waals surface area contributed by atoms with Crippen molar-refractivity contribution >= 4 is 5.91 Å². The van der Waals surface area contributed by atoms with Gasteiger partial charge in [0, 0.05) is 12.1 Å². The van der Waals surface area contributed by atoms with E-state index in [0.717, 1.165) is 23.7 Å². The molecule has 4 aliphatic rings. The third kappa shape index (κ3) is 1.41. The van der Waals surface area contributed by atoms with Gasteiger partial charge in [0.15, 0.2) is 0 Å². The summed E-state index contributed by atoms with van der Waals surface area (Å²) in [6.45, 7) is 0.549. The summed E-state index contributed by atoms with van der Waals surface area (Å²) in [5.74, 6) is 4.08. The van der Waals surface area contributed by atoms with Gasteiger partial charge in [-0.15, -0.1) is 0 Å². The Bertz CT molecular complexity index is 310. The summed E-state index contributed by atoms with van der Waals surface area (Å²) in [6.07, 6.45) is 6.77. The number of hydrogen-bond acceptors (Lipinski definition) is 2. The molecule has 0 radical (unpaired) electrons. The first-order valence-corrected chi connectivity index (χ1v) is 6.85. The van der Waals surface area contributed by atoms with Crippen LogP contribution in [0.5, 0.6) is 0 Å². The van der Waals surface area contributed by atoms with Crippen molar-refractivity contribution < 1.29 is 4.79 Å². The molecule has 4 saturated carbocycles. The lowest BCUT2D eigenvalue weighted by atomic mass is 10.0. The molecule has 4 atom stereocenters. The van der Waals surface area contributed by atoms with Gasteiger partial charge in [-0.3, -0.25) is 4.79 Å². The van der Waals surface area contributed by atoms with E-state index in [0.29, 0.717) is 18.6 Å². The summed E-state index contributed by atoms with van der Waals surface area (Å²) in [7, 11) is 0. The number of amides is 1. The van der Waals surface area contributed by atoms with Gasteiger partial charge in [0.05, 0.1) is 6.54 Å². The monoisotopic (exact) mass is 220 g/mol. The van der Waals surface area contributed by atoms with Crippen molar-refractivity contribution in [1.29, 1.82) is 0 Å². The van der Waals surface area contributed by atoms with Crippen molar-refractivity contribution in [3.05, 3.63) is 0 Å². The highest BCUT2D eigenvalue weighted by molar-refractivity contribution is 5.78. The molecule has 0 aromatic rings. The number of carbonyl (C=O) groups excluding carboxylic acids is 1. The van der Waals surface area contributed by atoms with Gasteiger partial charge in [-0.2, -0.15) is 0 Å². The lowest BCUT2D eigenvalue weighted by Gasteiger charge is -2.10. The van der Waals surface area contributed by atoms with Crippen molar-refractivity contribution in [2.45, 2.75) is 44.2 Å². The first-order valence-electron chi connectivity index (χ1n) is 6.85. The first-order chi connectivity index (χ1) is 7.83. The molecule has 3 nitrogen and oxygen atoms in total. The van der Waals surface area contributed by atoms with Gasteiger partial charge in [0.1, 0.15) is 0 Å². The summed E-state index contributed by atoms with van der Waals surface area (Å²) >= 11 is 0. The Kier molecular flexibility index (Phi) is 1.90. The highest BCUT2D eigenvalue weighted by atomic mass is 16.2. The topological polar surface area (TPSA) is 41.1 Å². The molecule has 4 rings (SSSR count). The van der Waals surface area contributed by atoms with E-state index in [1.165, 1.54) is 32.1 Å². The summed E-state index contributed by atoms with van der Waals surface area (Å²) < 4.78 is 0. The average Bonchev–Trinajstić information content (AvgIpc) is 3.15. The van der Waals surface area contributed by atoms with Gasteiger partial charge in [0.2, 0.25) is 5.91 Å². The Morgan fingerprint density at radius 2 is 1.75 bits per heavy atom. The maximum absolute atomic E-state index is 11.6. The van der Waals surface area contributed by atoms with Crippen LogP contribution in [0.2, 0.25) is 0 Å². The zero-order chi connectivity index (χ0) is 10.7. The fraction of sp³-hybridized carbons (Fsp3) is 0.923. The Morgan fingerprint density at radius 3 is 2.38 bits per heavy atom. The predicted octanol–water partition coefficient (Wildman–Crippen LogP) is 0.899. The average molecular weight is 220 g/mol. The van der Waals surface area contributed by atoms with E-state index in [2.05, 4.69) is 10.6 Å². The third-order valence-electron chi connectivity index (χ3n) is 5.18. The molecule has 2 N–H and O–H groups in total. The first kappa shape index (κ1) is 9.46. The van der Waals surface area contributed by atoms with Gasteiger partial charge in [-0.25, -0.2) is 0 Å². The number of hydrogen-bond donors (Lipinski definition) is 2. The SMILES string of the molecule is O=C(CNC1C2C3CCC(C3)C12)NC1CC1. The van der Waals surface area contributed by atoms with E-state index in [1.54, 1.807) is 0 Å². The van der Waals surface area contributed by atoms with Gasteiger partial charge in [0.25, 0.3) is 0 Å². The van der Waals surface area contributed by atoms with Gasteiger partial charge in [-0.1, -0.05) is 0 Å². The smallest absolute Gasteiger partial charge is 0.234 e. The lowest BCUT2D eigenvalue weighted by Crippen LogP contribution is -2.37. The summed E-state index contributed by atoms with van der Waals surface area (Å²) in [6, 6.07) is 1.19. The van der Waals surface area contributed by atoms with Crippen LogP contribution in [0.4, 0.5) is 0 Å². The van der Waals surface area contributed by atoms with Crippen LogP contribution in [-0.4, -0.2) is 24.5 Å². The second-order valence-corrected chi connectivity index (χ2v) is 6.24. The minimum atomic E-state index is 0.208. The summed E-state index contributed by atoms with van der Waals surface area (Å²) in [5.41, 5.74) is 0. The highest BCUT2D eigenvalue weighted by Crippen LogP contribution is 2.65. The van der Waals surface area contributed by atoms with Crippen LogP contribution in [0.3, 0.4) is 0 Å². The fourth-order valence-corrected chi connectivity index (χ4v) is 4.32. The molecular weight excluding hydrogens is 200 g/mol. The molecule has 1 amide bonds. The Balaban J connectivity index is 1.26.